The van der Waals surface area contributed by atoms with E-state index in [4.69, 9.17) is 9.47 Å². The highest BCUT2D eigenvalue weighted by Gasteiger charge is 2.33. The lowest BCUT2D eigenvalue weighted by Gasteiger charge is -2.30. The highest BCUT2D eigenvalue weighted by Crippen LogP contribution is 2.40. The van der Waals surface area contributed by atoms with Crippen molar-refractivity contribution >= 4 is 5.96 Å². The van der Waals surface area contributed by atoms with Crippen molar-refractivity contribution in [3.63, 3.8) is 0 Å². The summed E-state index contributed by atoms with van der Waals surface area (Å²) in [5.41, 5.74) is 0.981. The van der Waals surface area contributed by atoms with E-state index in [2.05, 4.69) is 20.6 Å². The van der Waals surface area contributed by atoms with E-state index >= 15 is 0 Å². The molecule has 1 heterocycles. The zero-order valence-electron chi connectivity index (χ0n) is 17.1. The maximum absolute atomic E-state index is 12.3. The first-order valence-electron chi connectivity index (χ1n) is 10.0. The number of nitrogens with zero attached hydrogens (tertiary/aromatic N) is 2. The Morgan fingerprint density at radius 1 is 1.28 bits per heavy atom. The van der Waals surface area contributed by atoms with Crippen LogP contribution in [0.15, 0.2) is 23.3 Å². The Morgan fingerprint density at radius 3 is 2.69 bits per heavy atom. The van der Waals surface area contributed by atoms with Crippen molar-refractivity contribution in [2.24, 2.45) is 10.4 Å². The van der Waals surface area contributed by atoms with Gasteiger partial charge in [-0.1, -0.05) is 12.8 Å². The molecule has 0 unspecified atom stereocenters. The number of hydrogen-bond acceptors (Lipinski definition) is 4. The molecule has 6 nitrogen and oxygen atoms in total. The molecule has 0 saturated heterocycles. The van der Waals surface area contributed by atoms with Gasteiger partial charge in [-0.15, -0.1) is 0 Å². The Labute approximate surface area is 170 Å². The van der Waals surface area contributed by atoms with Gasteiger partial charge in [-0.2, -0.15) is 13.2 Å². The van der Waals surface area contributed by atoms with Crippen molar-refractivity contribution in [3.8, 4) is 5.88 Å². The molecule has 0 atom stereocenters. The Kier molecular flexibility index (Phi) is 9.00. The van der Waals surface area contributed by atoms with E-state index in [1.807, 2.05) is 6.92 Å². The lowest BCUT2D eigenvalue weighted by Crippen LogP contribution is -2.43. The van der Waals surface area contributed by atoms with E-state index in [-0.39, 0.29) is 11.3 Å². The summed E-state index contributed by atoms with van der Waals surface area (Å²) in [6.07, 6.45) is 2.88. The summed E-state index contributed by atoms with van der Waals surface area (Å²) in [6.45, 7) is 3.36. The van der Waals surface area contributed by atoms with Crippen molar-refractivity contribution in [2.45, 2.75) is 51.7 Å². The van der Waals surface area contributed by atoms with E-state index in [1.165, 1.54) is 37.9 Å². The minimum absolute atomic E-state index is 0.0506. The van der Waals surface area contributed by atoms with Gasteiger partial charge in [-0.25, -0.2) is 4.98 Å². The summed E-state index contributed by atoms with van der Waals surface area (Å²) in [6, 6.07) is 3.22. The normalized spacial score (nSPS) is 16.7. The largest absolute Gasteiger partial charge is 0.468 e. The zero-order valence-corrected chi connectivity index (χ0v) is 17.1. The first kappa shape index (κ1) is 23.3. The average Bonchev–Trinajstić information content (AvgIpc) is 3.16. The second-order valence-corrected chi connectivity index (χ2v) is 7.34. The number of halogens is 3. The average molecular weight is 416 g/mol. The highest BCUT2D eigenvalue weighted by atomic mass is 19.4. The van der Waals surface area contributed by atoms with Crippen molar-refractivity contribution < 1.29 is 22.6 Å². The molecule has 29 heavy (non-hydrogen) atoms. The van der Waals surface area contributed by atoms with Gasteiger partial charge in [0.25, 0.3) is 0 Å². The number of nitrogens with one attached hydrogen (secondary N) is 2. The van der Waals surface area contributed by atoms with Crippen LogP contribution in [-0.4, -0.2) is 50.5 Å². The third kappa shape index (κ3) is 8.47. The fourth-order valence-electron chi connectivity index (χ4n) is 3.55. The molecule has 164 valence electrons. The van der Waals surface area contributed by atoms with Crippen LogP contribution in [0.3, 0.4) is 0 Å². The Morgan fingerprint density at radius 2 is 2.03 bits per heavy atom. The predicted octanol–water partition coefficient (Wildman–Crippen LogP) is 3.67. The fourth-order valence-corrected chi connectivity index (χ4v) is 3.55. The molecule has 0 bridgehead atoms. The summed E-state index contributed by atoms with van der Waals surface area (Å²) in [5, 5.41) is 6.59. The van der Waals surface area contributed by atoms with Gasteiger partial charge in [0.15, 0.2) is 12.6 Å². The summed E-state index contributed by atoms with van der Waals surface area (Å²) in [5.74, 6) is 0.604. The van der Waals surface area contributed by atoms with Crippen LogP contribution in [0, 0.1) is 5.41 Å². The number of aromatic nitrogens is 1. The van der Waals surface area contributed by atoms with Gasteiger partial charge in [0, 0.05) is 45.6 Å². The summed E-state index contributed by atoms with van der Waals surface area (Å²) < 4.78 is 47.1. The van der Waals surface area contributed by atoms with Gasteiger partial charge in [0.2, 0.25) is 5.88 Å². The molecule has 0 aliphatic heterocycles. The summed E-state index contributed by atoms with van der Waals surface area (Å²) in [7, 11) is 1.70. The van der Waals surface area contributed by atoms with Crippen LogP contribution in [0.5, 0.6) is 5.88 Å². The molecule has 1 aliphatic carbocycles. The maximum Gasteiger partial charge on any atom is 0.422 e. The monoisotopic (exact) mass is 416 g/mol. The van der Waals surface area contributed by atoms with E-state index in [0.717, 1.165) is 31.7 Å². The SMILES string of the molecule is CCOCCC1(CNC(=NC)NCc2ccnc(OCC(F)(F)F)c2)CCCC1. The van der Waals surface area contributed by atoms with Crippen molar-refractivity contribution in [3.05, 3.63) is 23.9 Å². The van der Waals surface area contributed by atoms with Crippen LogP contribution in [0.4, 0.5) is 13.2 Å². The molecule has 1 aromatic rings. The van der Waals surface area contributed by atoms with Crippen molar-refractivity contribution in [1.29, 1.82) is 0 Å². The third-order valence-electron chi connectivity index (χ3n) is 5.14. The number of ether oxygens (including phenoxy) is 2. The van der Waals surface area contributed by atoms with Gasteiger partial charge in [-0.3, -0.25) is 4.99 Å². The van der Waals surface area contributed by atoms with Crippen LogP contribution in [0.2, 0.25) is 0 Å². The quantitative estimate of drug-likeness (QED) is 0.346. The fraction of sp³-hybridized carbons (Fsp3) is 0.700. The Bertz CT molecular complexity index is 647. The molecule has 0 spiro atoms. The molecule has 0 amide bonds. The number of rotatable bonds is 10. The molecule has 2 N–H and O–H groups in total. The number of alkyl halides is 3. The van der Waals surface area contributed by atoms with Crippen molar-refractivity contribution in [1.82, 2.24) is 15.6 Å². The van der Waals surface area contributed by atoms with Crippen LogP contribution < -0.4 is 15.4 Å². The highest BCUT2D eigenvalue weighted by molar-refractivity contribution is 5.79. The molecule has 9 heteroatoms. The molecule has 0 aromatic carbocycles. The van der Waals surface area contributed by atoms with Gasteiger partial charge >= 0.3 is 6.18 Å². The van der Waals surface area contributed by atoms with E-state index in [0.29, 0.717) is 12.5 Å². The molecular weight excluding hydrogens is 385 g/mol. The zero-order chi connectivity index (χ0) is 21.2. The Hall–Kier alpha value is -2.03. The maximum atomic E-state index is 12.3. The van der Waals surface area contributed by atoms with Crippen LogP contribution in [-0.2, 0) is 11.3 Å². The van der Waals surface area contributed by atoms with E-state index in [1.54, 1.807) is 13.1 Å². The van der Waals surface area contributed by atoms with E-state index in [9.17, 15) is 13.2 Å². The lowest BCUT2D eigenvalue weighted by atomic mass is 9.83. The van der Waals surface area contributed by atoms with Crippen LogP contribution >= 0.6 is 0 Å². The van der Waals surface area contributed by atoms with Crippen LogP contribution in [0.25, 0.3) is 0 Å². The smallest absolute Gasteiger partial charge is 0.422 e. The minimum atomic E-state index is -4.39. The molecule has 2 rings (SSSR count). The number of pyridine rings is 1. The van der Waals surface area contributed by atoms with Crippen LogP contribution in [0.1, 0.15) is 44.6 Å². The lowest BCUT2D eigenvalue weighted by molar-refractivity contribution is -0.154. The molecule has 1 aliphatic rings. The molecule has 1 aromatic heterocycles. The van der Waals surface area contributed by atoms with Gasteiger partial charge < -0.3 is 20.1 Å². The molecule has 1 saturated carbocycles. The van der Waals surface area contributed by atoms with E-state index < -0.39 is 12.8 Å². The predicted molar refractivity (Wildman–Crippen MR) is 106 cm³/mol. The third-order valence-corrected chi connectivity index (χ3v) is 5.14. The number of hydrogen-bond donors (Lipinski definition) is 2. The summed E-state index contributed by atoms with van der Waals surface area (Å²) >= 11 is 0. The summed E-state index contributed by atoms with van der Waals surface area (Å²) in [4.78, 5) is 8.07. The van der Waals surface area contributed by atoms with Gasteiger partial charge in [0.1, 0.15) is 0 Å². The molecule has 0 radical (unpaired) electrons. The first-order valence-corrected chi connectivity index (χ1v) is 10.0. The Balaban J connectivity index is 1.84. The molecular formula is C20H31F3N4O2. The minimum Gasteiger partial charge on any atom is -0.468 e. The van der Waals surface area contributed by atoms with Gasteiger partial charge in [0.05, 0.1) is 0 Å². The second kappa shape index (κ2) is 11.2. The number of guanidine groups is 1. The standard InChI is InChI=1S/C20H31F3N4O2/c1-3-28-11-9-19(7-4-5-8-19)14-27-18(24-2)26-13-16-6-10-25-17(12-16)29-15-20(21,22)23/h6,10,12H,3-5,7-9,11,13-15H2,1-2H3,(H2,24,26,27). The van der Waals surface area contributed by atoms with Gasteiger partial charge in [-0.05, 0) is 43.2 Å². The van der Waals surface area contributed by atoms with Crippen molar-refractivity contribution in [2.75, 3.05) is 33.4 Å². The topological polar surface area (TPSA) is 67.8 Å². The molecule has 1 fully saturated rings. The number of aliphatic imine (C=N–C) groups is 1. The first-order chi connectivity index (χ1) is 13.9. The second-order valence-electron chi connectivity index (χ2n) is 7.34.